The van der Waals surface area contributed by atoms with Crippen molar-refractivity contribution in [3.05, 3.63) is 0 Å². The van der Waals surface area contributed by atoms with E-state index in [9.17, 15) is 4.79 Å². The Morgan fingerprint density at radius 3 is 2.77 bits per heavy atom. The van der Waals surface area contributed by atoms with Crippen LogP contribution >= 0.6 is 0 Å². The van der Waals surface area contributed by atoms with Crippen LogP contribution in [0.15, 0.2) is 0 Å². The maximum absolute atomic E-state index is 11.1. The Hall–Kier alpha value is -0.570. The van der Waals surface area contributed by atoms with Crippen molar-refractivity contribution in [2.75, 3.05) is 6.54 Å². The molecule has 0 spiro atoms. The molecule has 2 aliphatic rings. The van der Waals surface area contributed by atoms with Gasteiger partial charge in [0.1, 0.15) is 5.54 Å². The van der Waals surface area contributed by atoms with Crippen LogP contribution in [0.1, 0.15) is 38.5 Å². The van der Waals surface area contributed by atoms with Gasteiger partial charge in [-0.05, 0) is 38.1 Å². The van der Waals surface area contributed by atoms with Crippen LogP contribution in [0.2, 0.25) is 0 Å². The second-order valence-corrected chi connectivity index (χ2v) is 4.40. The molecule has 2 fully saturated rings. The largest absolute Gasteiger partial charge is 0.480 e. The van der Waals surface area contributed by atoms with E-state index in [0.717, 1.165) is 38.1 Å². The summed E-state index contributed by atoms with van der Waals surface area (Å²) < 4.78 is 0. The van der Waals surface area contributed by atoms with Gasteiger partial charge in [0, 0.05) is 0 Å². The average Bonchev–Trinajstić information content (AvgIpc) is 2.80. The minimum absolute atomic E-state index is 0.567. The molecule has 13 heavy (non-hydrogen) atoms. The molecule has 1 saturated carbocycles. The van der Waals surface area contributed by atoms with Gasteiger partial charge in [0.25, 0.3) is 0 Å². The standard InChI is InChI=1S/C10H17NO2/c12-9(13)10(5-1-7-11-10)6-4-8-2-3-8/h8,11H,1-7H2,(H,12,13). The van der Waals surface area contributed by atoms with E-state index in [1.807, 2.05) is 0 Å². The van der Waals surface area contributed by atoms with E-state index in [2.05, 4.69) is 5.32 Å². The van der Waals surface area contributed by atoms with Crippen molar-refractivity contribution in [2.45, 2.75) is 44.1 Å². The lowest BCUT2D eigenvalue weighted by Gasteiger charge is -2.24. The topological polar surface area (TPSA) is 49.3 Å². The van der Waals surface area contributed by atoms with Crippen LogP contribution in [0.3, 0.4) is 0 Å². The molecule has 0 aromatic carbocycles. The Balaban J connectivity index is 1.91. The third-order valence-corrected chi connectivity index (χ3v) is 3.33. The van der Waals surface area contributed by atoms with Crippen molar-refractivity contribution >= 4 is 5.97 Å². The summed E-state index contributed by atoms with van der Waals surface area (Å²) in [6.45, 7) is 0.872. The summed E-state index contributed by atoms with van der Waals surface area (Å²) >= 11 is 0. The van der Waals surface area contributed by atoms with E-state index >= 15 is 0 Å². The summed E-state index contributed by atoms with van der Waals surface area (Å²) in [5.41, 5.74) is -0.567. The van der Waals surface area contributed by atoms with Gasteiger partial charge < -0.3 is 10.4 Å². The van der Waals surface area contributed by atoms with Gasteiger partial charge in [0.15, 0.2) is 0 Å². The van der Waals surface area contributed by atoms with Crippen molar-refractivity contribution in [3.8, 4) is 0 Å². The number of rotatable bonds is 4. The van der Waals surface area contributed by atoms with E-state index < -0.39 is 11.5 Å². The highest BCUT2D eigenvalue weighted by Gasteiger charge is 2.41. The highest BCUT2D eigenvalue weighted by Crippen LogP contribution is 2.37. The average molecular weight is 183 g/mol. The minimum Gasteiger partial charge on any atom is -0.480 e. The number of nitrogens with one attached hydrogen (secondary N) is 1. The Bertz CT molecular complexity index is 205. The van der Waals surface area contributed by atoms with Crippen molar-refractivity contribution in [2.24, 2.45) is 5.92 Å². The molecule has 1 aliphatic carbocycles. The molecule has 74 valence electrons. The number of carboxylic acid groups (broad SMARTS) is 1. The molecule has 0 bridgehead atoms. The molecule has 1 heterocycles. The van der Waals surface area contributed by atoms with E-state index in [1.54, 1.807) is 0 Å². The molecule has 1 unspecified atom stereocenters. The summed E-state index contributed by atoms with van der Waals surface area (Å²) in [7, 11) is 0. The Morgan fingerprint density at radius 1 is 1.54 bits per heavy atom. The summed E-state index contributed by atoms with van der Waals surface area (Å²) in [5.74, 6) is 0.185. The van der Waals surface area contributed by atoms with Crippen molar-refractivity contribution in [3.63, 3.8) is 0 Å². The van der Waals surface area contributed by atoms with Crippen molar-refractivity contribution in [1.82, 2.24) is 5.32 Å². The molecule has 1 saturated heterocycles. The van der Waals surface area contributed by atoms with Gasteiger partial charge in [-0.2, -0.15) is 0 Å². The lowest BCUT2D eigenvalue weighted by Crippen LogP contribution is -2.47. The molecule has 3 nitrogen and oxygen atoms in total. The van der Waals surface area contributed by atoms with Crippen LogP contribution in [0.25, 0.3) is 0 Å². The maximum Gasteiger partial charge on any atom is 0.323 e. The molecule has 1 atom stereocenters. The molecule has 3 heteroatoms. The molecule has 2 rings (SSSR count). The number of hydrogen-bond donors (Lipinski definition) is 2. The zero-order chi connectivity index (χ0) is 9.31. The summed E-state index contributed by atoms with van der Waals surface area (Å²) in [6.07, 6.45) is 6.38. The highest BCUT2D eigenvalue weighted by atomic mass is 16.4. The van der Waals surface area contributed by atoms with Crippen LogP contribution in [0.4, 0.5) is 0 Å². The number of carboxylic acids is 1. The third-order valence-electron chi connectivity index (χ3n) is 3.33. The van der Waals surface area contributed by atoms with Crippen LogP contribution < -0.4 is 5.32 Å². The van der Waals surface area contributed by atoms with Crippen LogP contribution in [-0.4, -0.2) is 23.2 Å². The summed E-state index contributed by atoms with van der Waals surface area (Å²) in [6, 6.07) is 0. The van der Waals surface area contributed by atoms with Gasteiger partial charge in [-0.15, -0.1) is 0 Å². The summed E-state index contributed by atoms with van der Waals surface area (Å²) in [5, 5.41) is 12.3. The zero-order valence-corrected chi connectivity index (χ0v) is 7.88. The van der Waals surface area contributed by atoms with Gasteiger partial charge in [0.2, 0.25) is 0 Å². The zero-order valence-electron chi connectivity index (χ0n) is 7.88. The fraction of sp³-hybridized carbons (Fsp3) is 0.900. The molecule has 0 radical (unpaired) electrons. The quantitative estimate of drug-likeness (QED) is 0.692. The predicted octanol–water partition coefficient (Wildman–Crippen LogP) is 1.38. The highest BCUT2D eigenvalue weighted by molar-refractivity contribution is 5.79. The first-order valence-corrected chi connectivity index (χ1v) is 5.21. The maximum atomic E-state index is 11.1. The second kappa shape index (κ2) is 3.29. The number of carbonyl (C=O) groups is 1. The van der Waals surface area contributed by atoms with Gasteiger partial charge >= 0.3 is 5.97 Å². The molecule has 0 aromatic rings. The van der Waals surface area contributed by atoms with Crippen LogP contribution in [0.5, 0.6) is 0 Å². The monoisotopic (exact) mass is 183 g/mol. The van der Waals surface area contributed by atoms with Crippen molar-refractivity contribution < 1.29 is 9.90 Å². The molecular weight excluding hydrogens is 166 g/mol. The fourth-order valence-electron chi connectivity index (χ4n) is 2.17. The first-order valence-electron chi connectivity index (χ1n) is 5.21. The first-order chi connectivity index (χ1) is 6.23. The molecule has 0 aromatic heterocycles. The normalized spacial score (nSPS) is 33.5. The summed E-state index contributed by atoms with van der Waals surface area (Å²) in [4.78, 5) is 11.1. The van der Waals surface area contributed by atoms with E-state index in [-0.39, 0.29) is 0 Å². The molecule has 2 N–H and O–H groups in total. The molecule has 1 aliphatic heterocycles. The second-order valence-electron chi connectivity index (χ2n) is 4.40. The van der Waals surface area contributed by atoms with Crippen LogP contribution in [0, 0.1) is 5.92 Å². The third kappa shape index (κ3) is 1.85. The van der Waals surface area contributed by atoms with Gasteiger partial charge in [-0.3, -0.25) is 4.79 Å². The van der Waals surface area contributed by atoms with Crippen molar-refractivity contribution in [1.29, 1.82) is 0 Å². The SMILES string of the molecule is O=C(O)C1(CCC2CC2)CCCN1. The van der Waals surface area contributed by atoms with Gasteiger partial charge in [-0.1, -0.05) is 12.8 Å². The Morgan fingerprint density at radius 2 is 2.31 bits per heavy atom. The predicted molar refractivity (Wildman–Crippen MR) is 49.6 cm³/mol. The lowest BCUT2D eigenvalue weighted by molar-refractivity contribution is -0.144. The van der Waals surface area contributed by atoms with Crippen LogP contribution in [-0.2, 0) is 4.79 Å². The fourth-order valence-corrected chi connectivity index (χ4v) is 2.17. The van der Waals surface area contributed by atoms with E-state index in [1.165, 1.54) is 12.8 Å². The number of hydrogen-bond acceptors (Lipinski definition) is 2. The van der Waals surface area contributed by atoms with E-state index in [4.69, 9.17) is 5.11 Å². The smallest absolute Gasteiger partial charge is 0.323 e. The molecule has 0 amide bonds. The first kappa shape index (κ1) is 9.00. The Kier molecular flexibility index (Phi) is 2.28. The lowest BCUT2D eigenvalue weighted by atomic mass is 9.91. The number of aliphatic carboxylic acids is 1. The van der Waals surface area contributed by atoms with Gasteiger partial charge in [-0.25, -0.2) is 0 Å². The minimum atomic E-state index is -0.648. The van der Waals surface area contributed by atoms with Gasteiger partial charge in [0.05, 0.1) is 0 Å². The molecular formula is C10H17NO2. The van der Waals surface area contributed by atoms with E-state index in [0.29, 0.717) is 0 Å². The Labute approximate surface area is 78.5 Å².